The zero-order valence-electron chi connectivity index (χ0n) is 5.92. The van der Waals surface area contributed by atoms with Crippen molar-refractivity contribution in [2.75, 3.05) is 5.75 Å². The number of hydrogen-bond donors (Lipinski definition) is 2. The molecule has 1 aromatic rings. The van der Waals surface area contributed by atoms with Gasteiger partial charge in [-0.1, -0.05) is 6.92 Å². The molecule has 0 aromatic carbocycles. The predicted octanol–water partition coefficient (Wildman–Crippen LogP) is 1.62. The molecule has 2 nitrogen and oxygen atoms in total. The quantitative estimate of drug-likeness (QED) is 0.654. The van der Waals surface area contributed by atoms with Crippen LogP contribution in [-0.2, 0) is 6.61 Å². The lowest BCUT2D eigenvalue weighted by Crippen LogP contribution is -1.73. The number of aromatic amines is 1. The second kappa shape index (κ2) is 3.68. The fraction of sp³-hybridized carbons (Fsp3) is 0.429. The highest BCUT2D eigenvalue weighted by molar-refractivity contribution is 7.99. The molecule has 1 rings (SSSR count). The summed E-state index contributed by atoms with van der Waals surface area (Å²) in [5.74, 6) is 1.06. The van der Waals surface area contributed by atoms with Crippen molar-refractivity contribution in [1.82, 2.24) is 4.98 Å². The van der Waals surface area contributed by atoms with Crippen molar-refractivity contribution < 1.29 is 5.11 Å². The molecule has 0 bridgehead atoms. The number of rotatable bonds is 3. The summed E-state index contributed by atoms with van der Waals surface area (Å²) in [6.45, 7) is 2.23. The van der Waals surface area contributed by atoms with E-state index in [4.69, 9.17) is 5.11 Å². The van der Waals surface area contributed by atoms with Crippen molar-refractivity contribution in [2.45, 2.75) is 18.6 Å². The van der Waals surface area contributed by atoms with Gasteiger partial charge in [0, 0.05) is 6.20 Å². The van der Waals surface area contributed by atoms with E-state index in [1.807, 2.05) is 12.3 Å². The van der Waals surface area contributed by atoms with E-state index >= 15 is 0 Å². The maximum atomic E-state index is 8.69. The molecule has 0 saturated heterocycles. The predicted molar refractivity (Wildman–Crippen MR) is 43.1 cm³/mol. The van der Waals surface area contributed by atoms with Crippen molar-refractivity contribution in [2.24, 2.45) is 0 Å². The summed E-state index contributed by atoms with van der Waals surface area (Å²) < 4.78 is 0. The second-order valence-corrected chi connectivity index (χ2v) is 3.27. The van der Waals surface area contributed by atoms with Gasteiger partial charge in [-0.2, -0.15) is 0 Å². The number of aliphatic hydroxyl groups excluding tert-OH is 1. The molecule has 0 aliphatic rings. The summed E-state index contributed by atoms with van der Waals surface area (Å²) in [4.78, 5) is 3.06. The van der Waals surface area contributed by atoms with E-state index in [0.29, 0.717) is 0 Å². The third kappa shape index (κ3) is 1.78. The van der Waals surface area contributed by atoms with Gasteiger partial charge in [0.1, 0.15) is 0 Å². The second-order valence-electron chi connectivity index (χ2n) is 1.96. The zero-order chi connectivity index (χ0) is 7.40. The Kier molecular flexibility index (Phi) is 2.83. The number of aromatic nitrogens is 1. The molecule has 0 aliphatic carbocycles. The summed E-state index contributed by atoms with van der Waals surface area (Å²) in [5, 5.41) is 9.82. The molecule has 0 aliphatic heterocycles. The first-order valence-corrected chi connectivity index (χ1v) is 4.26. The summed E-state index contributed by atoms with van der Waals surface area (Å²) in [5.41, 5.74) is 0.955. The maximum Gasteiger partial charge on any atom is 0.0725 e. The van der Waals surface area contributed by atoms with E-state index < -0.39 is 0 Å². The fourth-order valence-electron chi connectivity index (χ4n) is 0.746. The Morgan fingerprint density at radius 2 is 2.50 bits per heavy atom. The van der Waals surface area contributed by atoms with Crippen LogP contribution in [0.2, 0.25) is 0 Å². The van der Waals surface area contributed by atoms with Crippen LogP contribution in [0.5, 0.6) is 0 Å². The fourth-order valence-corrected chi connectivity index (χ4v) is 1.43. The Bertz CT molecular complexity index is 197. The Morgan fingerprint density at radius 3 is 3.00 bits per heavy atom. The largest absolute Gasteiger partial charge is 0.392 e. The van der Waals surface area contributed by atoms with Crippen LogP contribution in [0.4, 0.5) is 0 Å². The lowest BCUT2D eigenvalue weighted by molar-refractivity contribution is 0.282. The highest BCUT2D eigenvalue weighted by Crippen LogP contribution is 2.16. The lowest BCUT2D eigenvalue weighted by Gasteiger charge is -1.88. The monoisotopic (exact) mass is 157 g/mol. The minimum absolute atomic E-state index is 0.126. The van der Waals surface area contributed by atoms with Crippen molar-refractivity contribution >= 4 is 11.8 Å². The van der Waals surface area contributed by atoms with Crippen LogP contribution >= 0.6 is 11.8 Å². The van der Waals surface area contributed by atoms with Crippen molar-refractivity contribution in [3.05, 3.63) is 17.8 Å². The molecule has 1 aromatic heterocycles. The molecular weight excluding hydrogens is 146 g/mol. The first-order chi connectivity index (χ1) is 4.86. The van der Waals surface area contributed by atoms with Gasteiger partial charge in [0.2, 0.25) is 0 Å². The maximum absolute atomic E-state index is 8.69. The Balaban J connectivity index is 2.59. The number of nitrogens with one attached hydrogen (secondary N) is 1. The minimum atomic E-state index is 0.126. The standard InChI is InChI=1S/C7H11NOS/c1-2-10-7-3-6(5-9)4-8-7/h3-4,8-9H,2,5H2,1H3. The van der Waals surface area contributed by atoms with Crippen molar-refractivity contribution in [3.63, 3.8) is 0 Å². The van der Waals surface area contributed by atoms with E-state index in [1.54, 1.807) is 11.8 Å². The average Bonchev–Trinajstić information content (AvgIpc) is 2.37. The van der Waals surface area contributed by atoms with Gasteiger partial charge in [-0.15, -0.1) is 11.8 Å². The third-order valence-electron chi connectivity index (χ3n) is 1.20. The Hall–Kier alpha value is -0.410. The van der Waals surface area contributed by atoms with Crippen molar-refractivity contribution in [3.8, 4) is 0 Å². The first kappa shape index (κ1) is 7.69. The molecule has 0 spiro atoms. The van der Waals surface area contributed by atoms with E-state index in [0.717, 1.165) is 16.3 Å². The minimum Gasteiger partial charge on any atom is -0.392 e. The van der Waals surface area contributed by atoms with E-state index in [2.05, 4.69) is 11.9 Å². The van der Waals surface area contributed by atoms with Crippen LogP contribution in [0, 0.1) is 0 Å². The van der Waals surface area contributed by atoms with E-state index in [1.165, 1.54) is 0 Å². The van der Waals surface area contributed by atoms with Gasteiger partial charge in [0.15, 0.2) is 0 Å². The molecule has 0 atom stereocenters. The van der Waals surface area contributed by atoms with Gasteiger partial charge in [-0.05, 0) is 17.4 Å². The smallest absolute Gasteiger partial charge is 0.0725 e. The zero-order valence-corrected chi connectivity index (χ0v) is 6.74. The van der Waals surface area contributed by atoms with Gasteiger partial charge in [0.05, 0.1) is 11.6 Å². The van der Waals surface area contributed by atoms with Crippen LogP contribution in [0.3, 0.4) is 0 Å². The topological polar surface area (TPSA) is 36.0 Å². The summed E-state index contributed by atoms with van der Waals surface area (Å²) in [7, 11) is 0. The summed E-state index contributed by atoms with van der Waals surface area (Å²) in [6, 6.07) is 1.97. The molecule has 3 heteroatoms. The number of hydrogen-bond acceptors (Lipinski definition) is 2. The van der Waals surface area contributed by atoms with Crippen molar-refractivity contribution in [1.29, 1.82) is 0 Å². The van der Waals surface area contributed by atoms with Crippen LogP contribution < -0.4 is 0 Å². The Morgan fingerprint density at radius 1 is 1.70 bits per heavy atom. The number of aliphatic hydroxyl groups is 1. The molecule has 1 heterocycles. The van der Waals surface area contributed by atoms with Gasteiger partial charge < -0.3 is 10.1 Å². The SMILES string of the molecule is CCSc1cc(CO)c[nH]1. The van der Waals surface area contributed by atoms with E-state index in [-0.39, 0.29) is 6.61 Å². The lowest BCUT2D eigenvalue weighted by atomic mass is 10.4. The molecule has 0 saturated carbocycles. The van der Waals surface area contributed by atoms with Gasteiger partial charge in [-0.25, -0.2) is 0 Å². The van der Waals surface area contributed by atoms with Gasteiger partial charge in [-0.3, -0.25) is 0 Å². The molecule has 0 amide bonds. The van der Waals surface area contributed by atoms with Crippen LogP contribution in [0.1, 0.15) is 12.5 Å². The van der Waals surface area contributed by atoms with Gasteiger partial charge >= 0.3 is 0 Å². The number of thioether (sulfide) groups is 1. The molecule has 56 valence electrons. The van der Waals surface area contributed by atoms with Crippen LogP contribution in [-0.4, -0.2) is 15.8 Å². The molecule has 0 unspecified atom stereocenters. The third-order valence-corrected chi connectivity index (χ3v) is 2.03. The highest BCUT2D eigenvalue weighted by Gasteiger charge is 1.95. The van der Waals surface area contributed by atoms with Crippen LogP contribution in [0.25, 0.3) is 0 Å². The molecule has 2 N–H and O–H groups in total. The molecule has 0 fully saturated rings. The number of H-pyrrole nitrogens is 1. The molecule has 10 heavy (non-hydrogen) atoms. The van der Waals surface area contributed by atoms with Crippen LogP contribution in [0.15, 0.2) is 17.3 Å². The molecule has 0 radical (unpaired) electrons. The Labute approximate surface area is 64.7 Å². The first-order valence-electron chi connectivity index (χ1n) is 3.27. The van der Waals surface area contributed by atoms with E-state index in [9.17, 15) is 0 Å². The van der Waals surface area contributed by atoms with Gasteiger partial charge in [0.25, 0.3) is 0 Å². The normalized spacial score (nSPS) is 10.2. The summed E-state index contributed by atoms with van der Waals surface area (Å²) >= 11 is 1.74. The molecular formula is C7H11NOS. The summed E-state index contributed by atoms with van der Waals surface area (Å²) in [6.07, 6.45) is 1.83. The average molecular weight is 157 g/mol. The highest BCUT2D eigenvalue weighted by atomic mass is 32.2.